The van der Waals surface area contributed by atoms with Crippen molar-refractivity contribution in [2.24, 2.45) is 13.0 Å². The minimum Gasteiger partial charge on any atom is -0.342 e. The van der Waals surface area contributed by atoms with Gasteiger partial charge >= 0.3 is 0 Å². The fraction of sp³-hybridized carbons (Fsp3) is 0.231. The van der Waals surface area contributed by atoms with Gasteiger partial charge in [0.2, 0.25) is 5.91 Å². The number of thioether (sulfide) groups is 1. The number of carbonyl (C=O) groups excluding carboxylic acids is 2. The highest BCUT2D eigenvalue weighted by Crippen LogP contribution is 2.27. The van der Waals surface area contributed by atoms with Crippen LogP contribution >= 0.6 is 35.0 Å². The van der Waals surface area contributed by atoms with Gasteiger partial charge in [-0.05, 0) is 47.0 Å². The molecule has 2 N–H and O–H groups in total. The van der Waals surface area contributed by atoms with Crippen molar-refractivity contribution in [2.45, 2.75) is 25.0 Å². The molecule has 0 aliphatic rings. The molecule has 1 atom stereocenters. The average Bonchev–Trinajstić information content (AvgIpc) is 3.20. The summed E-state index contributed by atoms with van der Waals surface area (Å²) in [6.45, 7) is 3.96. The summed E-state index contributed by atoms with van der Waals surface area (Å²) in [6.07, 6.45) is 0. The Labute approximate surface area is 223 Å². The summed E-state index contributed by atoms with van der Waals surface area (Å²) in [6, 6.07) is 18.1. The topological polar surface area (TPSA) is 88.9 Å². The lowest BCUT2D eigenvalue weighted by Gasteiger charge is -2.22. The Morgan fingerprint density at radius 2 is 1.75 bits per heavy atom. The molecule has 10 heteroatoms. The molecule has 0 radical (unpaired) electrons. The van der Waals surface area contributed by atoms with Gasteiger partial charge in [-0.15, -0.1) is 10.2 Å². The van der Waals surface area contributed by atoms with Gasteiger partial charge in [0.1, 0.15) is 0 Å². The van der Waals surface area contributed by atoms with Crippen LogP contribution in [0.25, 0.3) is 10.8 Å². The predicted octanol–water partition coefficient (Wildman–Crippen LogP) is 6.13. The number of halogens is 2. The van der Waals surface area contributed by atoms with E-state index in [4.69, 9.17) is 23.2 Å². The van der Waals surface area contributed by atoms with E-state index in [0.717, 1.165) is 16.5 Å². The molecule has 0 aliphatic heterocycles. The third-order valence-corrected chi connectivity index (χ3v) is 7.21. The minimum atomic E-state index is -0.414. The van der Waals surface area contributed by atoms with Crippen molar-refractivity contribution in [1.82, 2.24) is 20.1 Å². The minimum absolute atomic E-state index is 0.0250. The van der Waals surface area contributed by atoms with Crippen molar-refractivity contribution in [1.29, 1.82) is 0 Å². The smallest absolute Gasteiger partial charge is 0.253 e. The van der Waals surface area contributed by atoms with E-state index in [1.807, 2.05) is 63.4 Å². The number of fused-ring (bicyclic) bond motifs is 1. The van der Waals surface area contributed by atoms with E-state index in [9.17, 15) is 9.59 Å². The van der Waals surface area contributed by atoms with Crippen LogP contribution in [-0.4, -0.2) is 32.3 Å². The molecule has 4 aromatic rings. The average molecular weight is 542 g/mol. The van der Waals surface area contributed by atoms with E-state index in [1.54, 1.807) is 16.7 Å². The van der Waals surface area contributed by atoms with Crippen LogP contribution in [0, 0.1) is 5.92 Å². The SMILES string of the molecule is CC(C)[C@@H](NC(=O)c1ccc(Cl)cc1Cl)c1nnc(SCC(=O)Nc2ccc3ccccc3c2)n1C. The molecule has 2 amide bonds. The van der Waals surface area contributed by atoms with E-state index >= 15 is 0 Å². The second-order valence-electron chi connectivity index (χ2n) is 8.62. The molecule has 0 spiro atoms. The molecule has 36 heavy (non-hydrogen) atoms. The van der Waals surface area contributed by atoms with Gasteiger partial charge in [0.15, 0.2) is 11.0 Å². The molecule has 3 aromatic carbocycles. The van der Waals surface area contributed by atoms with Crippen LogP contribution < -0.4 is 10.6 Å². The fourth-order valence-electron chi connectivity index (χ4n) is 3.74. The van der Waals surface area contributed by atoms with Crippen molar-refractivity contribution in [2.75, 3.05) is 11.1 Å². The Hall–Kier alpha value is -3.07. The lowest BCUT2D eigenvalue weighted by atomic mass is 10.0. The first-order valence-corrected chi connectivity index (χ1v) is 13.0. The van der Waals surface area contributed by atoms with Gasteiger partial charge in [-0.3, -0.25) is 9.59 Å². The first-order chi connectivity index (χ1) is 17.2. The number of benzene rings is 3. The molecule has 0 saturated heterocycles. The Morgan fingerprint density at radius 1 is 1.00 bits per heavy atom. The summed E-state index contributed by atoms with van der Waals surface area (Å²) >= 11 is 13.4. The molecular formula is C26H25Cl2N5O2S. The van der Waals surface area contributed by atoms with Crippen LogP contribution in [0.15, 0.2) is 65.8 Å². The largest absolute Gasteiger partial charge is 0.342 e. The van der Waals surface area contributed by atoms with Gasteiger partial charge in [-0.2, -0.15) is 0 Å². The van der Waals surface area contributed by atoms with Gasteiger partial charge in [0.05, 0.1) is 22.4 Å². The molecule has 0 bridgehead atoms. The van der Waals surface area contributed by atoms with Crippen LogP contribution in [0.3, 0.4) is 0 Å². The van der Waals surface area contributed by atoms with Crippen molar-refractivity contribution < 1.29 is 9.59 Å². The van der Waals surface area contributed by atoms with E-state index in [2.05, 4.69) is 20.8 Å². The van der Waals surface area contributed by atoms with Gasteiger partial charge in [-0.1, -0.05) is 79.1 Å². The second-order valence-corrected chi connectivity index (χ2v) is 10.4. The van der Waals surface area contributed by atoms with Gasteiger partial charge in [0.25, 0.3) is 5.91 Å². The van der Waals surface area contributed by atoms with E-state index in [-0.39, 0.29) is 28.5 Å². The Bertz CT molecular complexity index is 1420. The van der Waals surface area contributed by atoms with Gasteiger partial charge < -0.3 is 15.2 Å². The quantitative estimate of drug-likeness (QED) is 0.262. The molecule has 0 fully saturated rings. The maximum atomic E-state index is 12.9. The number of nitrogens with zero attached hydrogens (tertiary/aromatic N) is 3. The number of hydrogen-bond acceptors (Lipinski definition) is 5. The highest BCUT2D eigenvalue weighted by atomic mass is 35.5. The van der Waals surface area contributed by atoms with Crippen molar-refractivity contribution >= 4 is 63.2 Å². The summed E-state index contributed by atoms with van der Waals surface area (Å²) in [5, 5.41) is 18.0. The number of rotatable bonds is 8. The summed E-state index contributed by atoms with van der Waals surface area (Å²) in [7, 11) is 1.82. The van der Waals surface area contributed by atoms with E-state index in [0.29, 0.717) is 21.6 Å². The number of aromatic nitrogens is 3. The van der Waals surface area contributed by atoms with E-state index < -0.39 is 6.04 Å². The normalized spacial score (nSPS) is 12.1. The zero-order valence-electron chi connectivity index (χ0n) is 20.0. The molecule has 186 valence electrons. The lowest BCUT2D eigenvalue weighted by molar-refractivity contribution is -0.113. The van der Waals surface area contributed by atoms with Crippen LogP contribution in [0.1, 0.15) is 36.1 Å². The Kier molecular flexibility index (Phi) is 8.18. The highest BCUT2D eigenvalue weighted by Gasteiger charge is 2.26. The molecule has 0 aliphatic carbocycles. The predicted molar refractivity (Wildman–Crippen MR) is 146 cm³/mol. The number of hydrogen-bond donors (Lipinski definition) is 2. The molecule has 0 saturated carbocycles. The zero-order valence-corrected chi connectivity index (χ0v) is 22.3. The Morgan fingerprint density at radius 3 is 2.47 bits per heavy atom. The highest BCUT2D eigenvalue weighted by molar-refractivity contribution is 7.99. The second kappa shape index (κ2) is 11.3. The summed E-state index contributed by atoms with van der Waals surface area (Å²) < 4.78 is 1.79. The summed E-state index contributed by atoms with van der Waals surface area (Å²) in [4.78, 5) is 25.5. The molecular weight excluding hydrogens is 517 g/mol. The van der Waals surface area contributed by atoms with Gasteiger partial charge in [-0.25, -0.2) is 0 Å². The lowest BCUT2D eigenvalue weighted by Crippen LogP contribution is -2.33. The molecule has 0 unspecified atom stereocenters. The first kappa shape index (κ1) is 26.0. The van der Waals surface area contributed by atoms with Gasteiger partial charge in [0, 0.05) is 17.8 Å². The van der Waals surface area contributed by atoms with Crippen molar-refractivity contribution in [3.8, 4) is 0 Å². The summed E-state index contributed by atoms with van der Waals surface area (Å²) in [5.74, 6) is 0.295. The third-order valence-electron chi connectivity index (χ3n) is 5.64. The van der Waals surface area contributed by atoms with Crippen LogP contribution in [0.2, 0.25) is 10.0 Å². The fourth-order valence-corrected chi connectivity index (χ4v) is 4.95. The van der Waals surface area contributed by atoms with E-state index in [1.165, 1.54) is 17.8 Å². The van der Waals surface area contributed by atoms with Crippen molar-refractivity contribution in [3.05, 3.63) is 82.1 Å². The number of anilines is 1. The zero-order chi connectivity index (χ0) is 25.8. The maximum absolute atomic E-state index is 12.9. The van der Waals surface area contributed by atoms with Crippen LogP contribution in [0.4, 0.5) is 5.69 Å². The molecule has 1 aromatic heterocycles. The molecule has 4 rings (SSSR count). The number of nitrogens with one attached hydrogen (secondary N) is 2. The number of carbonyl (C=O) groups is 2. The number of amides is 2. The Balaban J connectivity index is 1.42. The molecule has 1 heterocycles. The summed E-state index contributed by atoms with van der Waals surface area (Å²) in [5.41, 5.74) is 1.07. The first-order valence-electron chi connectivity index (χ1n) is 11.3. The molecule has 7 nitrogen and oxygen atoms in total. The monoisotopic (exact) mass is 541 g/mol. The standard InChI is InChI=1S/C26H25Cl2N5O2S/c1-15(2)23(30-25(35)20-11-9-18(27)13-21(20)28)24-31-32-26(33(24)3)36-14-22(34)29-19-10-8-16-6-4-5-7-17(16)12-19/h4-13,15,23H,14H2,1-3H3,(H,29,34)(H,30,35)/t23-/m1/s1. The van der Waals surface area contributed by atoms with Crippen LogP contribution in [-0.2, 0) is 11.8 Å². The van der Waals surface area contributed by atoms with Crippen molar-refractivity contribution in [3.63, 3.8) is 0 Å². The maximum Gasteiger partial charge on any atom is 0.253 e. The van der Waals surface area contributed by atoms with Crippen LogP contribution in [0.5, 0.6) is 0 Å². The third kappa shape index (κ3) is 6.00.